The van der Waals surface area contributed by atoms with Crippen LogP contribution in [0.4, 0.5) is 0 Å². The van der Waals surface area contributed by atoms with Crippen molar-refractivity contribution in [3.05, 3.63) is 35.9 Å². The molecule has 3 rings (SSSR count). The Morgan fingerprint density at radius 3 is 2.57 bits per heavy atom. The van der Waals surface area contributed by atoms with Crippen LogP contribution in [0.5, 0.6) is 5.75 Å². The number of rotatable bonds is 4. The van der Waals surface area contributed by atoms with Crippen molar-refractivity contribution in [1.82, 2.24) is 19.1 Å². The van der Waals surface area contributed by atoms with E-state index < -0.39 is 10.0 Å². The molecule has 8 heteroatoms. The van der Waals surface area contributed by atoms with E-state index in [1.54, 1.807) is 50.1 Å². The van der Waals surface area contributed by atoms with Gasteiger partial charge in [0.05, 0.1) is 17.9 Å². The van der Waals surface area contributed by atoms with E-state index in [4.69, 9.17) is 4.74 Å². The Kier molecular flexibility index (Phi) is 4.11. The quantitative estimate of drug-likeness (QED) is 0.840. The standard InChI is InChI=1S/C15H20N4O3S/c1-11-15(12(2)18(3)17-11)23(20,21)19-9-6-14(10-19)22-13-4-7-16-8-5-13/h4-5,7-8,14H,6,9-10H2,1-3H3. The molecule has 0 amide bonds. The normalized spacial score (nSPS) is 19.2. The molecule has 23 heavy (non-hydrogen) atoms. The zero-order valence-corrected chi connectivity index (χ0v) is 14.2. The minimum absolute atomic E-state index is 0.149. The molecule has 0 aromatic carbocycles. The lowest BCUT2D eigenvalue weighted by Gasteiger charge is -2.17. The topological polar surface area (TPSA) is 77.3 Å². The molecule has 2 aromatic rings. The van der Waals surface area contributed by atoms with Crippen molar-refractivity contribution in [3.8, 4) is 5.75 Å². The van der Waals surface area contributed by atoms with E-state index in [9.17, 15) is 8.42 Å². The lowest BCUT2D eigenvalue weighted by atomic mass is 10.3. The second-order valence-corrected chi connectivity index (χ2v) is 7.57. The summed E-state index contributed by atoms with van der Waals surface area (Å²) in [4.78, 5) is 4.25. The Balaban J connectivity index is 1.78. The minimum Gasteiger partial charge on any atom is -0.489 e. The fourth-order valence-corrected chi connectivity index (χ4v) is 4.76. The third kappa shape index (κ3) is 2.96. The SMILES string of the molecule is Cc1nn(C)c(C)c1S(=O)(=O)N1CCC(Oc2ccncc2)C1. The summed E-state index contributed by atoms with van der Waals surface area (Å²) < 4.78 is 34.7. The predicted octanol–water partition coefficient (Wildman–Crippen LogP) is 1.27. The van der Waals surface area contributed by atoms with Crippen LogP contribution in [0.2, 0.25) is 0 Å². The van der Waals surface area contributed by atoms with Crippen LogP contribution in [0.3, 0.4) is 0 Å². The lowest BCUT2D eigenvalue weighted by Crippen LogP contribution is -2.31. The molecule has 1 unspecified atom stereocenters. The molecular formula is C15H20N4O3S. The first-order chi connectivity index (χ1) is 10.9. The van der Waals surface area contributed by atoms with Crippen LogP contribution in [-0.4, -0.2) is 46.7 Å². The maximum Gasteiger partial charge on any atom is 0.246 e. The first-order valence-corrected chi connectivity index (χ1v) is 8.90. The second kappa shape index (κ2) is 5.93. The van der Waals surface area contributed by atoms with Crippen LogP contribution in [0.1, 0.15) is 17.8 Å². The number of hydrogen-bond acceptors (Lipinski definition) is 5. The smallest absolute Gasteiger partial charge is 0.246 e. The highest BCUT2D eigenvalue weighted by molar-refractivity contribution is 7.89. The highest BCUT2D eigenvalue weighted by Crippen LogP contribution is 2.27. The largest absolute Gasteiger partial charge is 0.489 e. The van der Waals surface area contributed by atoms with Gasteiger partial charge in [-0.05, 0) is 32.4 Å². The molecule has 0 N–H and O–H groups in total. The summed E-state index contributed by atoms with van der Waals surface area (Å²) in [5, 5.41) is 4.21. The summed E-state index contributed by atoms with van der Waals surface area (Å²) in [5.74, 6) is 0.706. The third-order valence-electron chi connectivity index (χ3n) is 4.10. The fraction of sp³-hybridized carbons (Fsp3) is 0.467. The van der Waals surface area contributed by atoms with E-state index in [2.05, 4.69) is 10.1 Å². The molecular weight excluding hydrogens is 316 g/mol. The van der Waals surface area contributed by atoms with Gasteiger partial charge in [-0.2, -0.15) is 9.40 Å². The molecule has 3 heterocycles. The summed E-state index contributed by atoms with van der Waals surface area (Å²) in [7, 11) is -1.80. The molecule has 1 atom stereocenters. The van der Waals surface area contributed by atoms with E-state index in [1.165, 1.54) is 4.31 Å². The molecule has 7 nitrogen and oxygen atoms in total. The Morgan fingerprint density at radius 1 is 1.26 bits per heavy atom. The molecule has 1 aliphatic rings. The molecule has 0 radical (unpaired) electrons. The average Bonchev–Trinajstić information content (AvgIpc) is 3.06. The van der Waals surface area contributed by atoms with Gasteiger partial charge in [-0.15, -0.1) is 0 Å². The Hall–Kier alpha value is -1.93. The van der Waals surface area contributed by atoms with Gasteiger partial charge in [-0.1, -0.05) is 0 Å². The molecule has 2 aromatic heterocycles. The van der Waals surface area contributed by atoms with Crippen LogP contribution in [-0.2, 0) is 17.1 Å². The highest BCUT2D eigenvalue weighted by atomic mass is 32.2. The number of pyridine rings is 1. The van der Waals surface area contributed by atoms with Gasteiger partial charge >= 0.3 is 0 Å². The molecule has 0 aliphatic carbocycles. The molecule has 0 saturated carbocycles. The Bertz CT molecular complexity index is 802. The van der Waals surface area contributed by atoms with Crippen molar-refractivity contribution >= 4 is 10.0 Å². The van der Waals surface area contributed by atoms with Gasteiger partial charge in [0.2, 0.25) is 10.0 Å². The Labute approximate surface area is 135 Å². The lowest BCUT2D eigenvalue weighted by molar-refractivity contribution is 0.215. The van der Waals surface area contributed by atoms with Gasteiger partial charge in [-0.3, -0.25) is 9.67 Å². The van der Waals surface area contributed by atoms with Crippen molar-refractivity contribution < 1.29 is 13.2 Å². The van der Waals surface area contributed by atoms with Gasteiger partial charge in [-0.25, -0.2) is 8.42 Å². The van der Waals surface area contributed by atoms with E-state index >= 15 is 0 Å². The number of hydrogen-bond donors (Lipinski definition) is 0. The van der Waals surface area contributed by atoms with Gasteiger partial charge in [0, 0.05) is 26.0 Å². The van der Waals surface area contributed by atoms with Crippen LogP contribution >= 0.6 is 0 Å². The summed E-state index contributed by atoms with van der Waals surface area (Å²) in [6.45, 7) is 4.29. The maximum atomic E-state index is 12.9. The van der Waals surface area contributed by atoms with Crippen molar-refractivity contribution in [2.24, 2.45) is 7.05 Å². The monoisotopic (exact) mass is 336 g/mol. The van der Waals surface area contributed by atoms with Gasteiger partial charge in [0.25, 0.3) is 0 Å². The first kappa shape index (κ1) is 15.9. The Morgan fingerprint density at radius 2 is 1.96 bits per heavy atom. The van der Waals surface area contributed by atoms with E-state index in [0.29, 0.717) is 41.5 Å². The minimum atomic E-state index is -3.55. The van der Waals surface area contributed by atoms with Crippen molar-refractivity contribution in [2.45, 2.75) is 31.3 Å². The second-order valence-electron chi connectivity index (χ2n) is 5.70. The molecule has 124 valence electrons. The van der Waals surface area contributed by atoms with Gasteiger partial charge < -0.3 is 4.74 Å². The average molecular weight is 336 g/mol. The fourth-order valence-electron chi connectivity index (χ4n) is 2.88. The number of sulfonamides is 1. The first-order valence-electron chi connectivity index (χ1n) is 7.46. The van der Waals surface area contributed by atoms with E-state index in [-0.39, 0.29) is 6.10 Å². The van der Waals surface area contributed by atoms with Gasteiger partial charge in [0.1, 0.15) is 16.7 Å². The number of nitrogens with zero attached hydrogens (tertiary/aromatic N) is 4. The number of aryl methyl sites for hydroxylation is 2. The maximum absolute atomic E-state index is 12.9. The van der Waals surface area contributed by atoms with Crippen LogP contribution in [0, 0.1) is 13.8 Å². The zero-order chi connectivity index (χ0) is 16.6. The molecule has 1 aliphatic heterocycles. The van der Waals surface area contributed by atoms with Crippen molar-refractivity contribution in [2.75, 3.05) is 13.1 Å². The third-order valence-corrected chi connectivity index (χ3v) is 6.22. The predicted molar refractivity (Wildman–Crippen MR) is 84.7 cm³/mol. The summed E-state index contributed by atoms with van der Waals surface area (Å²) in [6, 6.07) is 3.54. The highest BCUT2D eigenvalue weighted by Gasteiger charge is 2.36. The zero-order valence-electron chi connectivity index (χ0n) is 13.4. The van der Waals surface area contributed by atoms with E-state index in [1.807, 2.05) is 0 Å². The summed E-state index contributed by atoms with van der Waals surface area (Å²) in [5.41, 5.74) is 1.18. The number of ether oxygens (including phenoxy) is 1. The van der Waals surface area contributed by atoms with Crippen LogP contribution in [0.15, 0.2) is 29.4 Å². The summed E-state index contributed by atoms with van der Waals surface area (Å²) in [6.07, 6.45) is 3.83. The van der Waals surface area contributed by atoms with Crippen LogP contribution in [0.25, 0.3) is 0 Å². The van der Waals surface area contributed by atoms with Crippen molar-refractivity contribution in [3.63, 3.8) is 0 Å². The molecule has 0 bridgehead atoms. The van der Waals surface area contributed by atoms with E-state index in [0.717, 1.165) is 0 Å². The molecule has 0 spiro atoms. The van der Waals surface area contributed by atoms with Crippen molar-refractivity contribution in [1.29, 1.82) is 0 Å². The molecule has 1 fully saturated rings. The number of aromatic nitrogens is 3. The van der Waals surface area contributed by atoms with Gasteiger partial charge in [0.15, 0.2) is 0 Å². The molecule has 1 saturated heterocycles. The van der Waals surface area contributed by atoms with Crippen LogP contribution < -0.4 is 4.74 Å². The summed E-state index contributed by atoms with van der Waals surface area (Å²) >= 11 is 0.